The van der Waals surface area contributed by atoms with E-state index in [-0.39, 0.29) is 12.7 Å². The van der Waals surface area contributed by atoms with Crippen LogP contribution in [0, 0.1) is 0 Å². The van der Waals surface area contributed by atoms with Crippen molar-refractivity contribution in [1.82, 2.24) is 0 Å². The Morgan fingerprint density at radius 3 is 2.88 bits per heavy atom. The molecular formula is C11H15O4P. The quantitative estimate of drug-likeness (QED) is 0.764. The van der Waals surface area contributed by atoms with Crippen LogP contribution in [-0.2, 0) is 24.7 Å². The first-order valence-electron chi connectivity index (χ1n) is 5.29. The molecule has 0 aromatic heterocycles. The van der Waals surface area contributed by atoms with Gasteiger partial charge in [-0.05, 0) is 18.9 Å². The molecule has 1 fully saturated rings. The van der Waals surface area contributed by atoms with E-state index in [0.717, 1.165) is 12.0 Å². The minimum Gasteiger partial charge on any atom is -0.287 e. The molecule has 0 spiro atoms. The van der Waals surface area contributed by atoms with Crippen molar-refractivity contribution in [1.29, 1.82) is 0 Å². The van der Waals surface area contributed by atoms with Crippen LogP contribution in [0.15, 0.2) is 30.3 Å². The van der Waals surface area contributed by atoms with Crippen molar-refractivity contribution >= 4 is 7.82 Å². The Labute approximate surface area is 95.1 Å². The highest BCUT2D eigenvalue weighted by Crippen LogP contribution is 2.53. The van der Waals surface area contributed by atoms with Crippen molar-refractivity contribution in [3.05, 3.63) is 35.9 Å². The first-order valence-corrected chi connectivity index (χ1v) is 6.75. The third-order valence-corrected chi connectivity index (χ3v) is 3.88. The third kappa shape index (κ3) is 3.16. The largest absolute Gasteiger partial charge is 0.475 e. The van der Waals surface area contributed by atoms with Gasteiger partial charge in [-0.15, -0.1) is 0 Å². The molecule has 88 valence electrons. The molecule has 2 rings (SSSR count). The predicted molar refractivity (Wildman–Crippen MR) is 60.0 cm³/mol. The van der Waals surface area contributed by atoms with Gasteiger partial charge in [0.25, 0.3) is 0 Å². The van der Waals surface area contributed by atoms with Gasteiger partial charge < -0.3 is 0 Å². The Hall–Kier alpha value is -0.670. The van der Waals surface area contributed by atoms with Gasteiger partial charge in [-0.25, -0.2) is 4.57 Å². The van der Waals surface area contributed by atoms with Crippen molar-refractivity contribution in [2.24, 2.45) is 0 Å². The lowest BCUT2D eigenvalue weighted by molar-refractivity contribution is 0.0339. The van der Waals surface area contributed by atoms with E-state index in [4.69, 9.17) is 13.6 Å². The first kappa shape index (κ1) is 11.8. The van der Waals surface area contributed by atoms with E-state index in [2.05, 4.69) is 0 Å². The van der Waals surface area contributed by atoms with Crippen molar-refractivity contribution in [2.75, 3.05) is 6.61 Å². The van der Waals surface area contributed by atoms with Crippen LogP contribution in [0.3, 0.4) is 0 Å². The fraction of sp³-hybridized carbons (Fsp3) is 0.455. The van der Waals surface area contributed by atoms with Gasteiger partial charge in [0.2, 0.25) is 0 Å². The fourth-order valence-electron chi connectivity index (χ4n) is 1.43. The van der Waals surface area contributed by atoms with E-state index < -0.39 is 7.82 Å². The van der Waals surface area contributed by atoms with Gasteiger partial charge >= 0.3 is 7.82 Å². The molecule has 1 aliphatic rings. The van der Waals surface area contributed by atoms with E-state index >= 15 is 0 Å². The SMILES string of the molecule is C[C@H]1CCO[P@](=O)(OCc2ccccc2)O1. The second-order valence-corrected chi connectivity index (χ2v) is 5.37. The Morgan fingerprint density at radius 2 is 2.19 bits per heavy atom. The van der Waals surface area contributed by atoms with Gasteiger partial charge in [0.1, 0.15) is 0 Å². The van der Waals surface area contributed by atoms with Crippen LogP contribution in [0.25, 0.3) is 0 Å². The molecule has 1 aromatic carbocycles. The van der Waals surface area contributed by atoms with Crippen LogP contribution < -0.4 is 0 Å². The zero-order valence-corrected chi connectivity index (χ0v) is 10.1. The summed E-state index contributed by atoms with van der Waals surface area (Å²) >= 11 is 0. The monoisotopic (exact) mass is 242 g/mol. The van der Waals surface area contributed by atoms with Crippen LogP contribution in [0.1, 0.15) is 18.9 Å². The molecule has 1 aromatic rings. The molecule has 1 saturated heterocycles. The molecule has 0 bridgehead atoms. The van der Waals surface area contributed by atoms with Crippen LogP contribution in [0.5, 0.6) is 0 Å². The van der Waals surface area contributed by atoms with E-state index in [1.165, 1.54) is 0 Å². The minimum absolute atomic E-state index is 0.0737. The van der Waals surface area contributed by atoms with Gasteiger partial charge in [0.15, 0.2) is 0 Å². The molecule has 1 heterocycles. The average molecular weight is 242 g/mol. The van der Waals surface area contributed by atoms with E-state index in [1.54, 1.807) is 0 Å². The lowest BCUT2D eigenvalue weighted by atomic mass is 10.2. The van der Waals surface area contributed by atoms with E-state index in [9.17, 15) is 4.57 Å². The Kier molecular flexibility index (Phi) is 3.77. The van der Waals surface area contributed by atoms with Crippen LogP contribution in [-0.4, -0.2) is 12.7 Å². The maximum atomic E-state index is 12.0. The van der Waals surface area contributed by atoms with Gasteiger partial charge in [-0.1, -0.05) is 30.3 Å². The van der Waals surface area contributed by atoms with Crippen molar-refractivity contribution in [3.8, 4) is 0 Å². The average Bonchev–Trinajstić information content (AvgIpc) is 2.28. The predicted octanol–water partition coefficient (Wildman–Crippen LogP) is 3.14. The second-order valence-electron chi connectivity index (χ2n) is 3.74. The van der Waals surface area contributed by atoms with Gasteiger partial charge in [0.05, 0.1) is 19.3 Å². The smallest absolute Gasteiger partial charge is 0.287 e. The minimum atomic E-state index is -3.34. The standard InChI is InChI=1S/C11H15O4P/c1-10-7-8-13-16(12,15-10)14-9-11-5-3-2-4-6-11/h2-6,10H,7-9H2,1H3/t10-,16+/m0/s1. The summed E-state index contributed by atoms with van der Waals surface area (Å²) in [7, 11) is -3.34. The Morgan fingerprint density at radius 1 is 1.44 bits per heavy atom. The molecule has 4 nitrogen and oxygen atoms in total. The molecular weight excluding hydrogens is 227 g/mol. The molecule has 5 heteroatoms. The number of benzene rings is 1. The van der Waals surface area contributed by atoms with Crippen LogP contribution in [0.2, 0.25) is 0 Å². The molecule has 1 aliphatic heterocycles. The summed E-state index contributed by atoms with van der Waals surface area (Å²) in [4.78, 5) is 0. The molecule has 0 saturated carbocycles. The normalized spacial score (nSPS) is 30.2. The highest BCUT2D eigenvalue weighted by Gasteiger charge is 2.33. The molecule has 0 N–H and O–H groups in total. The second kappa shape index (κ2) is 5.11. The van der Waals surface area contributed by atoms with Gasteiger partial charge in [-0.2, -0.15) is 0 Å². The number of phosphoric acid groups is 1. The summed E-state index contributed by atoms with van der Waals surface area (Å²) in [6.45, 7) is 2.53. The van der Waals surface area contributed by atoms with Crippen molar-refractivity contribution in [2.45, 2.75) is 26.1 Å². The van der Waals surface area contributed by atoms with Crippen LogP contribution >= 0.6 is 7.82 Å². The topological polar surface area (TPSA) is 44.8 Å². The lowest BCUT2D eigenvalue weighted by Crippen LogP contribution is -2.18. The number of phosphoric ester groups is 1. The Balaban J connectivity index is 1.92. The number of hydrogen-bond donors (Lipinski definition) is 0. The molecule has 0 amide bonds. The summed E-state index contributed by atoms with van der Waals surface area (Å²) in [5.41, 5.74) is 0.947. The molecule has 0 aliphatic carbocycles. The molecule has 0 unspecified atom stereocenters. The zero-order chi connectivity index (χ0) is 11.4. The molecule has 2 atom stereocenters. The first-order chi connectivity index (χ1) is 7.68. The summed E-state index contributed by atoms with van der Waals surface area (Å²) in [6, 6.07) is 9.53. The van der Waals surface area contributed by atoms with Gasteiger partial charge in [0, 0.05) is 0 Å². The lowest BCUT2D eigenvalue weighted by Gasteiger charge is -2.26. The Bertz CT molecular complexity index is 379. The number of rotatable bonds is 3. The van der Waals surface area contributed by atoms with E-state index in [1.807, 2.05) is 37.3 Å². The maximum Gasteiger partial charge on any atom is 0.475 e. The fourth-order valence-corrected chi connectivity index (χ4v) is 2.81. The van der Waals surface area contributed by atoms with Crippen molar-refractivity contribution < 1.29 is 18.1 Å². The number of hydrogen-bond acceptors (Lipinski definition) is 4. The van der Waals surface area contributed by atoms with E-state index in [0.29, 0.717) is 6.61 Å². The summed E-state index contributed by atoms with van der Waals surface area (Å²) in [5.74, 6) is 0. The molecule has 0 radical (unpaired) electrons. The zero-order valence-electron chi connectivity index (χ0n) is 9.17. The highest BCUT2D eigenvalue weighted by atomic mass is 31.2. The summed E-state index contributed by atoms with van der Waals surface area (Å²) in [5, 5.41) is 0. The van der Waals surface area contributed by atoms with Crippen LogP contribution in [0.4, 0.5) is 0 Å². The van der Waals surface area contributed by atoms with Gasteiger partial charge in [-0.3, -0.25) is 13.6 Å². The highest BCUT2D eigenvalue weighted by molar-refractivity contribution is 7.48. The maximum absolute atomic E-state index is 12.0. The molecule has 16 heavy (non-hydrogen) atoms. The summed E-state index contributed by atoms with van der Waals surface area (Å²) in [6.07, 6.45) is 0.675. The third-order valence-electron chi connectivity index (χ3n) is 2.31. The van der Waals surface area contributed by atoms with Crippen molar-refractivity contribution in [3.63, 3.8) is 0 Å². The summed E-state index contributed by atoms with van der Waals surface area (Å²) < 4.78 is 27.5.